The van der Waals surface area contributed by atoms with Crippen LogP contribution >= 0.6 is 0 Å². The molecule has 150 valence electrons. The van der Waals surface area contributed by atoms with Crippen LogP contribution in [0, 0.1) is 23.7 Å². The molecular formula is C24H54. The van der Waals surface area contributed by atoms with Crippen molar-refractivity contribution in [2.45, 2.75) is 133 Å². The average molecular weight is 343 g/mol. The van der Waals surface area contributed by atoms with E-state index in [1.54, 1.807) is 12.8 Å². The molecule has 0 amide bonds. The molecule has 3 atom stereocenters. The van der Waals surface area contributed by atoms with Crippen molar-refractivity contribution in [3.63, 3.8) is 0 Å². The zero-order valence-corrected chi connectivity index (χ0v) is 19.4. The Morgan fingerprint density at radius 1 is 0.542 bits per heavy atom. The molecule has 0 bridgehead atoms. The Morgan fingerprint density at radius 3 is 1.33 bits per heavy atom. The summed E-state index contributed by atoms with van der Waals surface area (Å²) in [6.45, 7) is 21.4. The molecule has 24 heavy (non-hydrogen) atoms. The molecule has 2 aliphatic rings. The molecule has 0 N–H and O–H groups in total. The predicted octanol–water partition coefficient (Wildman–Crippen LogP) is 9.52. The van der Waals surface area contributed by atoms with Crippen LogP contribution in [0.4, 0.5) is 0 Å². The summed E-state index contributed by atoms with van der Waals surface area (Å²) in [5, 5.41) is 0. The Hall–Kier alpha value is 0. The van der Waals surface area contributed by atoms with Crippen LogP contribution in [-0.4, -0.2) is 0 Å². The van der Waals surface area contributed by atoms with Crippen molar-refractivity contribution >= 4 is 0 Å². The third-order valence-electron chi connectivity index (χ3n) is 4.96. The maximum atomic E-state index is 2.47. The third-order valence-corrected chi connectivity index (χ3v) is 4.96. The molecule has 2 rings (SSSR count). The van der Waals surface area contributed by atoms with Crippen LogP contribution in [-0.2, 0) is 0 Å². The molecule has 2 aliphatic carbocycles. The van der Waals surface area contributed by atoms with Crippen LogP contribution in [0.15, 0.2) is 0 Å². The highest BCUT2D eigenvalue weighted by Gasteiger charge is 2.30. The topological polar surface area (TPSA) is 0 Å². The fourth-order valence-corrected chi connectivity index (χ4v) is 3.62. The minimum Gasteiger partial charge on any atom is -0.0683 e. The quantitative estimate of drug-likeness (QED) is 0.445. The minimum atomic E-state index is 0.995. The summed E-state index contributed by atoms with van der Waals surface area (Å²) in [4.78, 5) is 0. The Bertz CT molecular complexity index is 188. The summed E-state index contributed by atoms with van der Waals surface area (Å²) in [6.07, 6.45) is 14.7. The Kier molecular flexibility index (Phi) is 27.6. The second-order valence-electron chi connectivity index (χ2n) is 7.34. The van der Waals surface area contributed by atoms with Gasteiger partial charge in [-0.3, -0.25) is 0 Å². The van der Waals surface area contributed by atoms with E-state index in [0.717, 1.165) is 23.7 Å². The van der Waals surface area contributed by atoms with E-state index in [4.69, 9.17) is 0 Å². The lowest BCUT2D eigenvalue weighted by atomic mass is 9.68. The van der Waals surface area contributed by atoms with E-state index in [2.05, 4.69) is 41.5 Å². The lowest BCUT2D eigenvalue weighted by Crippen LogP contribution is -2.27. The monoisotopic (exact) mass is 342 g/mol. The van der Waals surface area contributed by atoms with E-state index in [-0.39, 0.29) is 0 Å². The van der Waals surface area contributed by atoms with Crippen molar-refractivity contribution in [1.82, 2.24) is 0 Å². The molecule has 0 aromatic carbocycles. The van der Waals surface area contributed by atoms with Crippen molar-refractivity contribution in [1.29, 1.82) is 0 Å². The largest absolute Gasteiger partial charge is 0.0683 e. The molecule has 0 saturated heterocycles. The van der Waals surface area contributed by atoms with Gasteiger partial charge in [0.05, 0.1) is 0 Å². The first-order valence-electron chi connectivity index (χ1n) is 11.6. The van der Waals surface area contributed by atoms with Crippen LogP contribution in [0.2, 0.25) is 0 Å². The van der Waals surface area contributed by atoms with Crippen molar-refractivity contribution in [3.05, 3.63) is 0 Å². The Morgan fingerprint density at radius 2 is 0.958 bits per heavy atom. The van der Waals surface area contributed by atoms with E-state index < -0.39 is 0 Å². The number of hydrogen-bond donors (Lipinski definition) is 0. The van der Waals surface area contributed by atoms with E-state index in [0.29, 0.717) is 0 Å². The van der Waals surface area contributed by atoms with Gasteiger partial charge < -0.3 is 0 Å². The van der Waals surface area contributed by atoms with E-state index >= 15 is 0 Å². The molecule has 0 aromatic rings. The average Bonchev–Trinajstić information content (AvgIpc) is 2.63. The highest BCUT2D eigenvalue weighted by Crippen LogP contribution is 2.41. The standard InChI is InChI=1S/C14H26.2C3H8.2C2H6/c1-11-8-9-14(10-12(11)2)13-6-4-3-5-7-13;2*1-3-2;2*1-2/h11-14H,3-10H2,1-2H3;2*3H2,1-2H3;2*1-2H3. The number of rotatable bonds is 1. The maximum Gasteiger partial charge on any atom is -0.0383 e. The summed E-state index contributed by atoms with van der Waals surface area (Å²) < 4.78 is 0. The Balaban J connectivity index is -0.000000374. The molecule has 0 heteroatoms. The van der Waals surface area contributed by atoms with Crippen LogP contribution in [0.25, 0.3) is 0 Å². The predicted molar refractivity (Wildman–Crippen MR) is 117 cm³/mol. The van der Waals surface area contributed by atoms with Crippen molar-refractivity contribution in [3.8, 4) is 0 Å². The van der Waals surface area contributed by atoms with Gasteiger partial charge in [-0.05, 0) is 36.5 Å². The zero-order chi connectivity index (χ0) is 19.4. The molecule has 0 radical (unpaired) electrons. The summed E-state index contributed by atoms with van der Waals surface area (Å²) in [5.41, 5.74) is 0. The highest BCUT2D eigenvalue weighted by molar-refractivity contribution is 4.81. The lowest BCUT2D eigenvalue weighted by molar-refractivity contribution is 0.131. The minimum absolute atomic E-state index is 0.995. The summed E-state index contributed by atoms with van der Waals surface area (Å²) >= 11 is 0. The highest BCUT2D eigenvalue weighted by atomic mass is 14.4. The SMILES string of the molecule is CC.CC.CC1CCC(C2CCCCC2)CC1C.CCC.CCC. The van der Waals surface area contributed by atoms with Gasteiger partial charge in [0.2, 0.25) is 0 Å². The van der Waals surface area contributed by atoms with E-state index in [1.165, 1.54) is 51.4 Å². The molecular weight excluding hydrogens is 288 g/mol. The van der Waals surface area contributed by atoms with Gasteiger partial charge in [0.25, 0.3) is 0 Å². The van der Waals surface area contributed by atoms with Gasteiger partial charge in [-0.15, -0.1) is 0 Å². The summed E-state index contributed by atoms with van der Waals surface area (Å²) in [5.74, 6) is 4.20. The van der Waals surface area contributed by atoms with Crippen molar-refractivity contribution < 1.29 is 0 Å². The Labute approximate surface area is 157 Å². The van der Waals surface area contributed by atoms with Gasteiger partial charge >= 0.3 is 0 Å². The van der Waals surface area contributed by atoms with Gasteiger partial charge in [-0.25, -0.2) is 0 Å². The second kappa shape index (κ2) is 23.0. The van der Waals surface area contributed by atoms with Gasteiger partial charge in [0.1, 0.15) is 0 Å². The van der Waals surface area contributed by atoms with Crippen molar-refractivity contribution in [2.24, 2.45) is 23.7 Å². The fraction of sp³-hybridized carbons (Fsp3) is 1.00. The molecule has 0 heterocycles. The zero-order valence-electron chi connectivity index (χ0n) is 19.4. The second-order valence-corrected chi connectivity index (χ2v) is 7.34. The molecule has 2 saturated carbocycles. The van der Waals surface area contributed by atoms with Gasteiger partial charge in [0, 0.05) is 0 Å². The van der Waals surface area contributed by atoms with Gasteiger partial charge in [0.15, 0.2) is 0 Å². The van der Waals surface area contributed by atoms with Crippen molar-refractivity contribution in [2.75, 3.05) is 0 Å². The molecule has 0 nitrogen and oxygen atoms in total. The first kappa shape index (κ1) is 28.8. The van der Waals surface area contributed by atoms with Crippen LogP contribution in [0.3, 0.4) is 0 Å². The first-order chi connectivity index (χ1) is 11.6. The molecule has 3 unspecified atom stereocenters. The van der Waals surface area contributed by atoms with Crippen LogP contribution in [0.1, 0.15) is 133 Å². The normalized spacial score (nSPS) is 26.0. The fourth-order valence-electron chi connectivity index (χ4n) is 3.62. The van der Waals surface area contributed by atoms with E-state index in [9.17, 15) is 0 Å². The third kappa shape index (κ3) is 15.5. The molecule has 0 aliphatic heterocycles. The van der Waals surface area contributed by atoms with E-state index in [1.807, 2.05) is 27.7 Å². The van der Waals surface area contributed by atoms with Crippen LogP contribution < -0.4 is 0 Å². The lowest BCUT2D eigenvalue weighted by Gasteiger charge is -2.38. The molecule has 0 spiro atoms. The molecule has 2 fully saturated rings. The summed E-state index contributed by atoms with van der Waals surface area (Å²) in [6, 6.07) is 0. The smallest absolute Gasteiger partial charge is 0.0383 e. The first-order valence-corrected chi connectivity index (χ1v) is 11.6. The van der Waals surface area contributed by atoms with Crippen LogP contribution in [0.5, 0.6) is 0 Å². The molecule has 0 aromatic heterocycles. The maximum absolute atomic E-state index is 2.47. The number of hydrogen-bond acceptors (Lipinski definition) is 0. The van der Waals surface area contributed by atoms with Gasteiger partial charge in [-0.1, -0.05) is 121 Å². The summed E-state index contributed by atoms with van der Waals surface area (Å²) in [7, 11) is 0. The van der Waals surface area contributed by atoms with Gasteiger partial charge in [-0.2, -0.15) is 0 Å².